The zero-order chi connectivity index (χ0) is 18.2. The molecule has 1 amide bonds. The fraction of sp³-hybridized carbons (Fsp3) is 0.643. The van der Waals surface area contributed by atoms with Crippen molar-refractivity contribution in [1.82, 2.24) is 14.9 Å². The van der Waals surface area contributed by atoms with Gasteiger partial charge in [0.05, 0.1) is 6.61 Å². The topological polar surface area (TPSA) is 133 Å². The van der Waals surface area contributed by atoms with Crippen molar-refractivity contribution in [3.8, 4) is 0 Å². The van der Waals surface area contributed by atoms with Gasteiger partial charge in [0.15, 0.2) is 17.8 Å². The summed E-state index contributed by atoms with van der Waals surface area (Å²) in [6.07, 6.45) is -1.76. The van der Waals surface area contributed by atoms with E-state index in [0.717, 1.165) is 0 Å². The van der Waals surface area contributed by atoms with Crippen molar-refractivity contribution in [2.24, 2.45) is 0 Å². The summed E-state index contributed by atoms with van der Waals surface area (Å²) in [7, 11) is 1.39. The van der Waals surface area contributed by atoms with Crippen LogP contribution in [0.25, 0.3) is 0 Å². The first-order valence-corrected chi connectivity index (χ1v) is 7.70. The highest BCUT2D eigenvalue weighted by molar-refractivity contribution is 5.67. The second-order valence-corrected chi connectivity index (χ2v) is 6.06. The second-order valence-electron chi connectivity index (χ2n) is 6.06. The Kier molecular flexibility index (Phi) is 4.64. The number of aliphatic hydroxyl groups excluding tert-OH is 1. The first kappa shape index (κ1) is 17.6. The molecule has 4 atom stereocenters. The molecular formula is C14H20N4O7. The molecule has 3 rings (SSSR count). The van der Waals surface area contributed by atoms with Gasteiger partial charge in [-0.25, -0.2) is 9.59 Å². The molecule has 1 aromatic rings. The van der Waals surface area contributed by atoms with Gasteiger partial charge in [-0.2, -0.15) is 10.5 Å². The van der Waals surface area contributed by atoms with E-state index in [4.69, 9.17) is 14.2 Å². The summed E-state index contributed by atoms with van der Waals surface area (Å²) in [4.78, 5) is 31.7. The van der Waals surface area contributed by atoms with Crippen molar-refractivity contribution in [3.05, 3.63) is 22.7 Å². The summed E-state index contributed by atoms with van der Waals surface area (Å²) < 4.78 is 18.5. The Balaban J connectivity index is 1.79. The van der Waals surface area contributed by atoms with Gasteiger partial charge in [-0.15, -0.1) is 0 Å². The predicted molar refractivity (Wildman–Crippen MR) is 82.5 cm³/mol. The first-order valence-electron chi connectivity index (χ1n) is 7.70. The Labute approximate surface area is 142 Å². The van der Waals surface area contributed by atoms with Crippen molar-refractivity contribution in [1.29, 1.82) is 0 Å². The van der Waals surface area contributed by atoms with Crippen molar-refractivity contribution in [2.45, 2.75) is 44.2 Å². The lowest BCUT2D eigenvalue weighted by atomic mass is 10.1. The summed E-state index contributed by atoms with van der Waals surface area (Å²) in [6, 6.07) is 1.44. The van der Waals surface area contributed by atoms with E-state index in [-0.39, 0.29) is 12.4 Å². The maximum atomic E-state index is 12.3. The fourth-order valence-electron chi connectivity index (χ4n) is 2.84. The zero-order valence-corrected chi connectivity index (χ0v) is 14.0. The number of fused-ring (bicyclic) bond motifs is 1. The fourth-order valence-corrected chi connectivity index (χ4v) is 2.84. The summed E-state index contributed by atoms with van der Waals surface area (Å²) >= 11 is 0. The third-order valence-electron chi connectivity index (χ3n) is 3.86. The standard InChI is InChI=1S/C14H20N4O7/c1-14(2)23-9-7(6-19)22-11(10(9)24-14)18-5-4-8(16-12(18)20)17-25-13(21)15-3/h4-5,7,9-11,19H,6H2,1-3H3,(H,15,21)(H,16,17,20)/t7-,9-,10-,11-/m1/s1. The molecule has 25 heavy (non-hydrogen) atoms. The summed E-state index contributed by atoms with van der Waals surface area (Å²) in [6.45, 7) is 3.24. The number of carbonyl (C=O) groups excluding carboxylic acids is 1. The molecule has 3 N–H and O–H groups in total. The SMILES string of the molecule is CNC(=O)ONc1ccn([C@@H]2O[C@H](CO)[C@H]3OC(C)(C)O[C@H]32)c(=O)n1. The smallest absolute Gasteiger partial charge is 0.394 e. The number of hydrogen-bond donors (Lipinski definition) is 3. The molecular weight excluding hydrogens is 336 g/mol. The molecule has 0 spiro atoms. The molecule has 1 aromatic heterocycles. The second kappa shape index (κ2) is 6.59. The number of aromatic nitrogens is 2. The van der Waals surface area contributed by atoms with E-state index < -0.39 is 42.1 Å². The number of nitrogens with zero attached hydrogens (tertiary/aromatic N) is 2. The molecule has 2 aliphatic heterocycles. The van der Waals surface area contributed by atoms with Crippen LogP contribution in [0.1, 0.15) is 20.1 Å². The Morgan fingerprint density at radius 2 is 2.16 bits per heavy atom. The molecule has 0 unspecified atom stereocenters. The lowest BCUT2D eigenvalue weighted by Crippen LogP contribution is -2.35. The van der Waals surface area contributed by atoms with E-state index >= 15 is 0 Å². The van der Waals surface area contributed by atoms with Crippen LogP contribution in [0.3, 0.4) is 0 Å². The number of ether oxygens (including phenoxy) is 3. The number of hydrogen-bond acceptors (Lipinski definition) is 9. The number of rotatable bonds is 4. The number of nitrogens with one attached hydrogen (secondary N) is 2. The van der Waals surface area contributed by atoms with Crippen LogP contribution in [-0.4, -0.2) is 58.5 Å². The lowest BCUT2D eigenvalue weighted by Gasteiger charge is -2.24. The highest BCUT2D eigenvalue weighted by Gasteiger charge is 2.55. The number of aliphatic hydroxyl groups is 1. The monoisotopic (exact) mass is 356 g/mol. The molecule has 0 saturated carbocycles. The number of anilines is 1. The minimum Gasteiger partial charge on any atom is -0.394 e. The molecule has 0 bridgehead atoms. The molecule has 2 saturated heterocycles. The van der Waals surface area contributed by atoms with Gasteiger partial charge >= 0.3 is 11.8 Å². The molecule has 0 radical (unpaired) electrons. The van der Waals surface area contributed by atoms with Crippen LogP contribution in [0, 0.1) is 0 Å². The van der Waals surface area contributed by atoms with Gasteiger partial charge in [-0.3, -0.25) is 4.57 Å². The van der Waals surface area contributed by atoms with Crippen LogP contribution in [0.5, 0.6) is 0 Å². The Morgan fingerprint density at radius 1 is 1.44 bits per heavy atom. The average Bonchev–Trinajstić information content (AvgIpc) is 3.05. The van der Waals surface area contributed by atoms with Gasteiger partial charge in [0, 0.05) is 19.3 Å². The zero-order valence-electron chi connectivity index (χ0n) is 14.0. The quantitative estimate of drug-likeness (QED) is 0.601. The van der Waals surface area contributed by atoms with Crippen molar-refractivity contribution >= 4 is 11.9 Å². The van der Waals surface area contributed by atoms with Gasteiger partial charge in [-0.05, 0) is 13.8 Å². The van der Waals surface area contributed by atoms with E-state index in [0.29, 0.717) is 0 Å². The van der Waals surface area contributed by atoms with Gasteiger partial charge in [0.25, 0.3) is 0 Å². The van der Waals surface area contributed by atoms with Crippen molar-refractivity contribution in [2.75, 3.05) is 19.1 Å². The van der Waals surface area contributed by atoms with Crippen LogP contribution >= 0.6 is 0 Å². The molecule has 2 aliphatic rings. The average molecular weight is 356 g/mol. The maximum absolute atomic E-state index is 12.3. The van der Waals surface area contributed by atoms with Crippen LogP contribution in [0.2, 0.25) is 0 Å². The summed E-state index contributed by atoms with van der Waals surface area (Å²) in [5.74, 6) is -0.785. The molecule has 138 valence electrons. The number of carbonyl (C=O) groups is 1. The van der Waals surface area contributed by atoms with Crippen LogP contribution in [-0.2, 0) is 19.0 Å². The van der Waals surface area contributed by atoms with E-state index in [1.54, 1.807) is 13.8 Å². The van der Waals surface area contributed by atoms with Crippen LogP contribution < -0.4 is 16.5 Å². The van der Waals surface area contributed by atoms with E-state index in [1.807, 2.05) is 0 Å². The Hall–Kier alpha value is -2.21. The van der Waals surface area contributed by atoms with E-state index in [2.05, 4.69) is 20.6 Å². The lowest BCUT2D eigenvalue weighted by molar-refractivity contribution is -0.200. The normalized spacial score (nSPS) is 29.9. The third-order valence-corrected chi connectivity index (χ3v) is 3.86. The number of amides is 1. The summed E-state index contributed by atoms with van der Waals surface area (Å²) in [5, 5.41) is 11.7. The first-order chi connectivity index (χ1) is 11.8. The molecule has 11 heteroatoms. The summed E-state index contributed by atoms with van der Waals surface area (Å²) in [5.41, 5.74) is 1.62. The Morgan fingerprint density at radius 3 is 2.80 bits per heavy atom. The maximum Gasteiger partial charge on any atom is 0.431 e. The predicted octanol–water partition coefficient (Wildman–Crippen LogP) is -0.664. The van der Waals surface area contributed by atoms with E-state index in [1.165, 1.54) is 23.9 Å². The molecule has 0 aromatic carbocycles. The largest absolute Gasteiger partial charge is 0.431 e. The minimum absolute atomic E-state index is 0.0574. The van der Waals surface area contributed by atoms with Crippen LogP contribution in [0.4, 0.5) is 10.6 Å². The van der Waals surface area contributed by atoms with Gasteiger partial charge in [0.1, 0.15) is 18.3 Å². The van der Waals surface area contributed by atoms with Gasteiger partial charge in [-0.1, -0.05) is 0 Å². The van der Waals surface area contributed by atoms with Crippen molar-refractivity contribution < 1.29 is 28.9 Å². The highest BCUT2D eigenvalue weighted by Crippen LogP contribution is 2.42. The molecule has 2 fully saturated rings. The van der Waals surface area contributed by atoms with Gasteiger partial charge < -0.3 is 29.5 Å². The third kappa shape index (κ3) is 3.44. The minimum atomic E-state index is -0.843. The van der Waals surface area contributed by atoms with E-state index in [9.17, 15) is 14.7 Å². The Bertz CT molecular complexity index is 707. The highest BCUT2D eigenvalue weighted by atomic mass is 16.8. The molecule has 11 nitrogen and oxygen atoms in total. The van der Waals surface area contributed by atoms with Crippen LogP contribution in [0.15, 0.2) is 17.1 Å². The van der Waals surface area contributed by atoms with Gasteiger partial charge in [0.2, 0.25) is 0 Å². The molecule has 3 heterocycles. The molecule has 0 aliphatic carbocycles. The van der Waals surface area contributed by atoms with Crippen molar-refractivity contribution in [3.63, 3.8) is 0 Å².